The molecule has 44 heavy (non-hydrogen) atoms. The molecule has 12 nitrogen and oxygen atoms in total. The average Bonchev–Trinajstić information content (AvgIpc) is 3.55. The average molecular weight is 610 g/mol. The Labute approximate surface area is 256 Å². The third-order valence-corrected chi connectivity index (χ3v) is 8.68. The lowest BCUT2D eigenvalue weighted by molar-refractivity contribution is -0.129. The number of halogens is 1. The van der Waals surface area contributed by atoms with E-state index in [1.54, 1.807) is 24.8 Å². The minimum Gasteiger partial charge on any atom is -0.469 e. The molecule has 0 aliphatic carbocycles. The standard InChI is InChI=1S/C31H40FN7O5/c1-5-33-30(42)34-24-11-8-19(13-23(24)32)26-25-27(36-29(35-26)37-15-21-9-10-22(16-37)43-21)44-31(3,4)17-38(28(25)41)14-20-7-6-12-39(20)18(2)40/h8,11,13,20-22H,5-7,9-10,12,14-17H2,1-4H3,(H2,33,34,42). The molecule has 2 bridgehead atoms. The van der Waals surface area contributed by atoms with Crippen molar-refractivity contribution in [2.45, 2.75) is 77.2 Å². The summed E-state index contributed by atoms with van der Waals surface area (Å²) in [6.07, 6.45) is 3.73. The van der Waals surface area contributed by atoms with Crippen molar-refractivity contribution in [1.29, 1.82) is 0 Å². The second-order valence-electron chi connectivity index (χ2n) is 12.6. The Morgan fingerprint density at radius 2 is 1.89 bits per heavy atom. The molecule has 2 aromatic rings. The minimum atomic E-state index is -0.806. The number of aromatic nitrogens is 2. The normalized spacial score (nSPS) is 24.1. The minimum absolute atomic E-state index is 0.000665. The molecule has 236 valence electrons. The molecule has 4 aliphatic rings. The first kappa shape index (κ1) is 30.0. The van der Waals surface area contributed by atoms with Crippen molar-refractivity contribution in [2.75, 3.05) is 49.5 Å². The van der Waals surface area contributed by atoms with Gasteiger partial charge in [0.15, 0.2) is 0 Å². The van der Waals surface area contributed by atoms with Gasteiger partial charge in [-0.2, -0.15) is 4.98 Å². The number of urea groups is 1. The highest BCUT2D eigenvalue weighted by Gasteiger charge is 2.41. The van der Waals surface area contributed by atoms with Gasteiger partial charge in [-0.1, -0.05) is 6.07 Å². The molecule has 3 fully saturated rings. The zero-order valence-corrected chi connectivity index (χ0v) is 25.7. The highest BCUT2D eigenvalue weighted by atomic mass is 19.1. The van der Waals surface area contributed by atoms with Gasteiger partial charge >= 0.3 is 6.03 Å². The summed E-state index contributed by atoms with van der Waals surface area (Å²) in [5.41, 5.74) is -0.0654. The van der Waals surface area contributed by atoms with E-state index < -0.39 is 17.4 Å². The molecule has 4 aliphatic heterocycles. The lowest BCUT2D eigenvalue weighted by Crippen LogP contribution is -2.49. The maximum Gasteiger partial charge on any atom is 0.319 e. The number of carbonyl (C=O) groups excluding carboxylic acids is 3. The topological polar surface area (TPSA) is 129 Å². The van der Waals surface area contributed by atoms with Crippen LogP contribution in [0.2, 0.25) is 0 Å². The van der Waals surface area contributed by atoms with E-state index in [9.17, 15) is 14.4 Å². The van der Waals surface area contributed by atoms with E-state index in [-0.39, 0.29) is 59.4 Å². The number of morpholine rings is 1. The van der Waals surface area contributed by atoms with Crippen LogP contribution in [0.25, 0.3) is 11.3 Å². The zero-order chi connectivity index (χ0) is 31.2. The van der Waals surface area contributed by atoms with Crippen LogP contribution in [0.5, 0.6) is 5.88 Å². The quantitative estimate of drug-likeness (QED) is 0.510. The van der Waals surface area contributed by atoms with Gasteiger partial charge in [0.1, 0.15) is 17.0 Å². The Morgan fingerprint density at radius 1 is 1.14 bits per heavy atom. The van der Waals surface area contributed by atoms with E-state index in [0.717, 1.165) is 25.7 Å². The lowest BCUT2D eigenvalue weighted by Gasteiger charge is -2.33. The number of carbonyl (C=O) groups is 3. The van der Waals surface area contributed by atoms with Crippen molar-refractivity contribution >= 4 is 29.5 Å². The van der Waals surface area contributed by atoms with E-state index in [0.29, 0.717) is 44.2 Å². The highest BCUT2D eigenvalue weighted by Crippen LogP contribution is 2.38. The van der Waals surface area contributed by atoms with Crippen molar-refractivity contribution in [1.82, 2.24) is 25.1 Å². The van der Waals surface area contributed by atoms with Crippen molar-refractivity contribution in [3.05, 3.63) is 29.6 Å². The molecule has 0 spiro atoms. The number of likely N-dealkylation sites (tertiary alicyclic amines) is 1. The molecule has 0 radical (unpaired) electrons. The molecule has 4 amide bonds. The molecule has 3 saturated heterocycles. The van der Waals surface area contributed by atoms with Gasteiger partial charge in [-0.25, -0.2) is 14.2 Å². The number of hydrogen-bond donors (Lipinski definition) is 2. The second-order valence-corrected chi connectivity index (χ2v) is 12.6. The Bertz CT molecular complexity index is 1460. The fourth-order valence-corrected chi connectivity index (χ4v) is 6.74. The fraction of sp³-hybridized carbons (Fsp3) is 0.581. The van der Waals surface area contributed by atoms with E-state index in [1.807, 2.05) is 23.6 Å². The summed E-state index contributed by atoms with van der Waals surface area (Å²) < 4.78 is 27.9. The van der Waals surface area contributed by atoms with Crippen molar-refractivity contribution in [2.24, 2.45) is 0 Å². The van der Waals surface area contributed by atoms with Crippen molar-refractivity contribution < 1.29 is 28.2 Å². The van der Waals surface area contributed by atoms with Gasteiger partial charge in [0.25, 0.3) is 5.91 Å². The number of rotatable bonds is 6. The summed E-state index contributed by atoms with van der Waals surface area (Å²) in [4.78, 5) is 54.1. The molecular weight excluding hydrogens is 569 g/mol. The van der Waals surface area contributed by atoms with E-state index in [1.165, 1.54) is 12.1 Å². The van der Waals surface area contributed by atoms with Crippen LogP contribution in [0, 0.1) is 5.82 Å². The van der Waals surface area contributed by atoms with Gasteiger partial charge in [0.05, 0.1) is 30.1 Å². The van der Waals surface area contributed by atoms with Crippen LogP contribution >= 0.6 is 0 Å². The van der Waals surface area contributed by atoms with Gasteiger partial charge < -0.3 is 34.8 Å². The van der Waals surface area contributed by atoms with Crippen molar-refractivity contribution in [3.63, 3.8) is 0 Å². The van der Waals surface area contributed by atoms with Gasteiger partial charge in [0, 0.05) is 51.3 Å². The van der Waals surface area contributed by atoms with Crippen LogP contribution in [0.15, 0.2) is 18.2 Å². The van der Waals surface area contributed by atoms with Gasteiger partial charge in [0.2, 0.25) is 17.7 Å². The predicted molar refractivity (Wildman–Crippen MR) is 161 cm³/mol. The zero-order valence-electron chi connectivity index (χ0n) is 25.7. The molecule has 3 unspecified atom stereocenters. The number of ether oxygens (including phenoxy) is 2. The summed E-state index contributed by atoms with van der Waals surface area (Å²) in [6.45, 7) is 9.98. The summed E-state index contributed by atoms with van der Waals surface area (Å²) in [7, 11) is 0. The van der Waals surface area contributed by atoms with Crippen LogP contribution < -0.4 is 20.3 Å². The third-order valence-electron chi connectivity index (χ3n) is 8.68. The molecular formula is C31H40FN7O5. The summed E-state index contributed by atoms with van der Waals surface area (Å²) in [5.74, 6) is -0.500. The maximum atomic E-state index is 15.4. The summed E-state index contributed by atoms with van der Waals surface area (Å²) in [5, 5.41) is 5.10. The highest BCUT2D eigenvalue weighted by molar-refractivity contribution is 6.03. The van der Waals surface area contributed by atoms with Crippen LogP contribution in [-0.2, 0) is 9.53 Å². The molecule has 1 aromatic heterocycles. The smallest absolute Gasteiger partial charge is 0.319 e. The van der Waals surface area contributed by atoms with Crippen LogP contribution in [0.4, 0.5) is 20.8 Å². The second kappa shape index (κ2) is 11.8. The number of anilines is 2. The Kier molecular flexibility index (Phi) is 8.08. The number of benzene rings is 1. The number of nitrogens with zero attached hydrogens (tertiary/aromatic N) is 5. The number of hydrogen-bond acceptors (Lipinski definition) is 8. The molecule has 3 atom stereocenters. The Hall–Kier alpha value is -4.00. The van der Waals surface area contributed by atoms with E-state index in [2.05, 4.69) is 10.6 Å². The van der Waals surface area contributed by atoms with Crippen LogP contribution in [0.1, 0.15) is 63.7 Å². The number of fused-ring (bicyclic) bond motifs is 3. The molecule has 6 rings (SSSR count). The van der Waals surface area contributed by atoms with Crippen LogP contribution in [-0.4, -0.2) is 101 Å². The first-order valence-corrected chi connectivity index (χ1v) is 15.4. The summed E-state index contributed by atoms with van der Waals surface area (Å²) >= 11 is 0. The fourth-order valence-electron chi connectivity index (χ4n) is 6.74. The third kappa shape index (κ3) is 6.01. The molecule has 5 heterocycles. The van der Waals surface area contributed by atoms with E-state index >= 15 is 4.39 Å². The van der Waals surface area contributed by atoms with Gasteiger partial charge in [-0.3, -0.25) is 9.59 Å². The molecule has 13 heteroatoms. The number of nitrogens with one attached hydrogen (secondary N) is 2. The van der Waals surface area contributed by atoms with E-state index in [4.69, 9.17) is 19.4 Å². The predicted octanol–water partition coefficient (Wildman–Crippen LogP) is 3.42. The van der Waals surface area contributed by atoms with Gasteiger partial charge in [-0.05, 0) is 58.6 Å². The molecule has 2 N–H and O–H groups in total. The Morgan fingerprint density at radius 3 is 2.57 bits per heavy atom. The molecule has 0 saturated carbocycles. The van der Waals surface area contributed by atoms with Crippen LogP contribution in [0.3, 0.4) is 0 Å². The maximum absolute atomic E-state index is 15.4. The largest absolute Gasteiger partial charge is 0.469 e. The molecule has 1 aromatic carbocycles. The first-order valence-electron chi connectivity index (χ1n) is 15.4. The lowest BCUT2D eigenvalue weighted by atomic mass is 10.0. The van der Waals surface area contributed by atoms with Crippen molar-refractivity contribution in [3.8, 4) is 17.1 Å². The van der Waals surface area contributed by atoms with Gasteiger partial charge in [-0.15, -0.1) is 0 Å². The summed E-state index contributed by atoms with van der Waals surface area (Å²) in [6, 6.07) is 3.71. The number of amides is 4. The first-order chi connectivity index (χ1) is 21.0. The monoisotopic (exact) mass is 609 g/mol. The Balaban J connectivity index is 1.43. The SMILES string of the molecule is CCNC(=O)Nc1ccc(-c2nc(N3CC4CCC(C3)O4)nc3c2C(=O)N(CC2CCCN2C(C)=O)CC(C)(C)O3)cc1F.